The van der Waals surface area contributed by atoms with E-state index in [1.807, 2.05) is 0 Å². The molecule has 0 aromatic rings. The monoisotopic (exact) mass is 284 g/mol. The van der Waals surface area contributed by atoms with Gasteiger partial charge in [0, 0.05) is 0 Å². The fraction of sp³-hybridized carbons (Fsp3) is 0.944. The van der Waals surface area contributed by atoms with E-state index in [0.717, 1.165) is 19.3 Å². The van der Waals surface area contributed by atoms with E-state index in [1.54, 1.807) is 0 Å². The second-order valence-electron chi connectivity index (χ2n) is 6.94. The first-order valence-corrected chi connectivity index (χ1v) is 8.46. The van der Waals surface area contributed by atoms with Crippen LogP contribution in [0.3, 0.4) is 0 Å². The summed E-state index contributed by atoms with van der Waals surface area (Å²) in [5.74, 6) is 0.506. The van der Waals surface area contributed by atoms with Crippen LogP contribution in [0.4, 0.5) is 0 Å². The van der Waals surface area contributed by atoms with Gasteiger partial charge in [-0.2, -0.15) is 0 Å². The van der Waals surface area contributed by atoms with Crippen LogP contribution < -0.4 is 0 Å². The fourth-order valence-electron chi connectivity index (χ4n) is 2.54. The Hall–Kier alpha value is -0.530. The van der Waals surface area contributed by atoms with Gasteiger partial charge in [-0.3, -0.25) is 4.79 Å². The molecule has 0 bridgehead atoms. The van der Waals surface area contributed by atoms with Gasteiger partial charge < -0.3 is 4.74 Å². The van der Waals surface area contributed by atoms with Crippen molar-refractivity contribution in [1.82, 2.24) is 0 Å². The van der Waals surface area contributed by atoms with Crippen LogP contribution in [0.2, 0.25) is 0 Å². The highest BCUT2D eigenvalue weighted by molar-refractivity contribution is 5.77. The molecule has 0 aliphatic carbocycles. The normalized spacial score (nSPS) is 16.6. The summed E-state index contributed by atoms with van der Waals surface area (Å²) in [6, 6.07) is 0. The average Bonchev–Trinajstić information content (AvgIpc) is 2.45. The Kier molecular flexibility index (Phi) is 8.46. The fourth-order valence-corrected chi connectivity index (χ4v) is 2.54. The number of carbonyl (C=O) groups is 1. The zero-order chi connectivity index (χ0) is 15.8. The molecule has 0 aliphatic rings. The summed E-state index contributed by atoms with van der Waals surface area (Å²) >= 11 is 0. The second-order valence-corrected chi connectivity index (χ2v) is 6.94. The van der Waals surface area contributed by atoms with Crippen LogP contribution in [-0.4, -0.2) is 12.6 Å². The Morgan fingerprint density at radius 2 is 1.65 bits per heavy atom. The van der Waals surface area contributed by atoms with Gasteiger partial charge in [-0.25, -0.2) is 0 Å². The molecule has 0 rings (SSSR count). The zero-order valence-electron chi connectivity index (χ0n) is 14.8. The van der Waals surface area contributed by atoms with E-state index in [-0.39, 0.29) is 16.8 Å². The van der Waals surface area contributed by atoms with Crippen LogP contribution in [0.5, 0.6) is 0 Å². The van der Waals surface area contributed by atoms with Crippen molar-refractivity contribution >= 4 is 5.97 Å². The molecule has 0 aromatic carbocycles. The SMILES string of the molecule is CCCCC(CC)COC(=O)C(C)(CC)C(C)(C)CC. The summed E-state index contributed by atoms with van der Waals surface area (Å²) in [4.78, 5) is 12.6. The predicted molar refractivity (Wildman–Crippen MR) is 86.7 cm³/mol. The minimum atomic E-state index is -0.384. The summed E-state index contributed by atoms with van der Waals surface area (Å²) < 4.78 is 5.70. The minimum absolute atomic E-state index is 0.0122. The molecular formula is C18H36O2. The predicted octanol–water partition coefficient (Wildman–Crippen LogP) is 5.60. The molecule has 0 saturated heterocycles. The summed E-state index contributed by atoms with van der Waals surface area (Å²) in [5, 5.41) is 0. The molecule has 2 unspecified atom stereocenters. The molecule has 0 heterocycles. The molecule has 0 saturated carbocycles. The first kappa shape index (κ1) is 19.5. The molecule has 0 fully saturated rings. The standard InChI is InChI=1S/C18H36O2/c1-8-12-13-15(9-2)14-20-16(19)18(7,11-4)17(5,6)10-3/h15H,8-14H2,1-7H3. The van der Waals surface area contributed by atoms with Gasteiger partial charge in [-0.05, 0) is 37.5 Å². The quantitative estimate of drug-likeness (QED) is 0.488. The van der Waals surface area contributed by atoms with Gasteiger partial charge in [-0.15, -0.1) is 0 Å². The van der Waals surface area contributed by atoms with Crippen molar-refractivity contribution < 1.29 is 9.53 Å². The second kappa shape index (κ2) is 8.69. The van der Waals surface area contributed by atoms with E-state index in [1.165, 1.54) is 19.3 Å². The number of esters is 1. The highest BCUT2D eigenvalue weighted by Gasteiger charge is 2.45. The zero-order valence-corrected chi connectivity index (χ0v) is 14.8. The molecule has 0 aliphatic heterocycles. The van der Waals surface area contributed by atoms with Gasteiger partial charge in [0.05, 0.1) is 12.0 Å². The van der Waals surface area contributed by atoms with Crippen molar-refractivity contribution in [2.24, 2.45) is 16.7 Å². The molecule has 2 heteroatoms. The smallest absolute Gasteiger partial charge is 0.312 e. The molecule has 0 spiro atoms. The Labute approximate surface area is 126 Å². The van der Waals surface area contributed by atoms with Crippen molar-refractivity contribution in [3.8, 4) is 0 Å². The summed E-state index contributed by atoms with van der Waals surface area (Å²) in [6.45, 7) is 15.6. The molecule has 120 valence electrons. The van der Waals surface area contributed by atoms with E-state index >= 15 is 0 Å². The van der Waals surface area contributed by atoms with Crippen molar-refractivity contribution in [3.05, 3.63) is 0 Å². The molecule has 2 nitrogen and oxygen atoms in total. The topological polar surface area (TPSA) is 26.3 Å². The molecule has 0 amide bonds. The third-order valence-corrected chi connectivity index (χ3v) is 5.53. The van der Waals surface area contributed by atoms with E-state index in [4.69, 9.17) is 4.74 Å². The van der Waals surface area contributed by atoms with Crippen LogP contribution >= 0.6 is 0 Å². The highest BCUT2D eigenvalue weighted by Crippen LogP contribution is 2.45. The third kappa shape index (κ3) is 4.79. The number of hydrogen-bond donors (Lipinski definition) is 0. The number of ether oxygens (including phenoxy) is 1. The largest absolute Gasteiger partial charge is 0.465 e. The maximum Gasteiger partial charge on any atom is 0.312 e. The van der Waals surface area contributed by atoms with Crippen LogP contribution in [0.25, 0.3) is 0 Å². The average molecular weight is 284 g/mol. The van der Waals surface area contributed by atoms with E-state index < -0.39 is 0 Å². The maximum absolute atomic E-state index is 12.6. The number of rotatable bonds is 10. The molecule has 0 N–H and O–H groups in total. The Morgan fingerprint density at radius 3 is 2.05 bits per heavy atom. The van der Waals surface area contributed by atoms with E-state index in [2.05, 4.69) is 48.5 Å². The molecular weight excluding hydrogens is 248 g/mol. The van der Waals surface area contributed by atoms with E-state index in [0.29, 0.717) is 12.5 Å². The number of hydrogen-bond acceptors (Lipinski definition) is 2. The molecule has 0 aromatic heterocycles. The Balaban J connectivity index is 4.64. The summed E-state index contributed by atoms with van der Waals surface area (Å²) in [7, 11) is 0. The lowest BCUT2D eigenvalue weighted by atomic mass is 9.63. The number of unbranched alkanes of at least 4 members (excludes halogenated alkanes) is 1. The summed E-state index contributed by atoms with van der Waals surface area (Å²) in [5.41, 5.74) is -0.408. The molecule has 0 radical (unpaired) electrons. The van der Waals surface area contributed by atoms with Crippen LogP contribution in [0, 0.1) is 16.7 Å². The van der Waals surface area contributed by atoms with Gasteiger partial charge in [0.1, 0.15) is 0 Å². The van der Waals surface area contributed by atoms with Crippen molar-refractivity contribution in [1.29, 1.82) is 0 Å². The minimum Gasteiger partial charge on any atom is -0.465 e. The van der Waals surface area contributed by atoms with Gasteiger partial charge in [0.25, 0.3) is 0 Å². The van der Waals surface area contributed by atoms with Crippen LogP contribution in [0.1, 0.15) is 87.0 Å². The first-order chi connectivity index (χ1) is 9.28. The Morgan fingerprint density at radius 1 is 1.05 bits per heavy atom. The van der Waals surface area contributed by atoms with Crippen molar-refractivity contribution in [2.75, 3.05) is 6.61 Å². The number of carbonyl (C=O) groups excluding carboxylic acids is 1. The highest BCUT2D eigenvalue weighted by atomic mass is 16.5. The van der Waals surface area contributed by atoms with Crippen molar-refractivity contribution in [3.63, 3.8) is 0 Å². The third-order valence-electron chi connectivity index (χ3n) is 5.53. The molecule has 2 atom stereocenters. The van der Waals surface area contributed by atoms with Crippen molar-refractivity contribution in [2.45, 2.75) is 87.0 Å². The molecule has 20 heavy (non-hydrogen) atoms. The van der Waals surface area contributed by atoms with Crippen LogP contribution in [-0.2, 0) is 9.53 Å². The lowest BCUT2D eigenvalue weighted by Gasteiger charge is -2.41. The summed E-state index contributed by atoms with van der Waals surface area (Å²) in [6.07, 6.45) is 6.51. The lowest BCUT2D eigenvalue weighted by molar-refractivity contribution is -0.164. The van der Waals surface area contributed by atoms with Gasteiger partial charge >= 0.3 is 5.97 Å². The first-order valence-electron chi connectivity index (χ1n) is 8.46. The van der Waals surface area contributed by atoms with E-state index in [9.17, 15) is 4.79 Å². The van der Waals surface area contributed by atoms with Gasteiger partial charge in [0.2, 0.25) is 0 Å². The van der Waals surface area contributed by atoms with Crippen LogP contribution in [0.15, 0.2) is 0 Å². The van der Waals surface area contributed by atoms with Gasteiger partial charge in [0.15, 0.2) is 0 Å². The van der Waals surface area contributed by atoms with Gasteiger partial charge in [-0.1, -0.05) is 60.8 Å². The maximum atomic E-state index is 12.6. The lowest BCUT2D eigenvalue weighted by Crippen LogP contribution is -2.43. The Bertz CT molecular complexity index is 283.